The van der Waals surface area contributed by atoms with E-state index in [2.05, 4.69) is 0 Å². The number of hydrogen-bond acceptors (Lipinski definition) is 3. The lowest BCUT2D eigenvalue weighted by Gasteiger charge is -2.38. The third-order valence-corrected chi connectivity index (χ3v) is 17.5. The van der Waals surface area contributed by atoms with Crippen LogP contribution in [0.5, 0.6) is 0 Å². The minimum Gasteiger partial charge on any atom is -0.425 e. The second-order valence-electron chi connectivity index (χ2n) is 6.75. The summed E-state index contributed by atoms with van der Waals surface area (Å²) in [5.74, 6) is 0. The van der Waals surface area contributed by atoms with Crippen LogP contribution in [0.1, 0.15) is 0 Å². The first-order valence-electron chi connectivity index (χ1n) is 7.26. The van der Waals surface area contributed by atoms with Crippen molar-refractivity contribution in [1.82, 2.24) is 0 Å². The number of rotatable bonds is 7. The van der Waals surface area contributed by atoms with E-state index in [1.54, 1.807) is 0 Å². The van der Waals surface area contributed by atoms with Crippen LogP contribution in [0.2, 0.25) is 45.8 Å². The minimum atomic E-state index is -2.52. The highest BCUT2D eigenvalue weighted by atomic mass is 35.6. The van der Waals surface area contributed by atoms with Gasteiger partial charge in [0, 0.05) is 0 Å². The molecule has 0 aliphatic carbocycles. The van der Waals surface area contributed by atoms with Gasteiger partial charge in [0.1, 0.15) is 0 Å². The first kappa shape index (κ1) is 20.6. The van der Waals surface area contributed by atoms with E-state index in [0.29, 0.717) is 0 Å². The molecule has 0 aromatic heterocycles. The zero-order valence-corrected chi connectivity index (χ0v) is 19.9. The van der Waals surface area contributed by atoms with Gasteiger partial charge in [0.15, 0.2) is 0 Å². The fourth-order valence-electron chi connectivity index (χ4n) is 2.47. The Kier molecular flexibility index (Phi) is 6.74. The molecule has 0 spiro atoms. The average Bonchev–Trinajstić information content (AvgIpc) is 2.23. The van der Waals surface area contributed by atoms with Gasteiger partial charge in [-0.25, -0.2) is 0 Å². The quantitative estimate of drug-likeness (QED) is 0.483. The number of benzene rings is 1. The third kappa shape index (κ3) is 7.41. The van der Waals surface area contributed by atoms with Crippen molar-refractivity contribution in [2.75, 3.05) is 0 Å². The van der Waals surface area contributed by atoms with E-state index in [1.165, 1.54) is 0 Å². The standard InChI is InChI=1S/C13H26Cl2O3Si4/c1-19(2,14)16-20(3,4)17-21(5,6)18-22(7,15)13-11-9-8-10-12-13/h8-12H,1-7H3. The van der Waals surface area contributed by atoms with E-state index >= 15 is 0 Å². The topological polar surface area (TPSA) is 27.7 Å². The predicted molar refractivity (Wildman–Crippen MR) is 105 cm³/mol. The lowest BCUT2D eigenvalue weighted by atomic mass is 10.4. The molecule has 0 fully saturated rings. The molecule has 9 heteroatoms. The van der Waals surface area contributed by atoms with Gasteiger partial charge in [0.05, 0.1) is 0 Å². The molecule has 0 aliphatic heterocycles. The maximum absolute atomic E-state index is 6.74. The van der Waals surface area contributed by atoms with Crippen molar-refractivity contribution < 1.29 is 12.3 Å². The van der Waals surface area contributed by atoms with Crippen molar-refractivity contribution in [3.63, 3.8) is 0 Å². The van der Waals surface area contributed by atoms with Crippen molar-refractivity contribution in [2.45, 2.75) is 45.8 Å². The Morgan fingerprint density at radius 2 is 1.14 bits per heavy atom. The van der Waals surface area contributed by atoms with Gasteiger partial charge in [-0.05, 0) is 51.0 Å². The van der Waals surface area contributed by atoms with Crippen LogP contribution < -0.4 is 5.19 Å². The molecule has 1 aromatic carbocycles. The van der Waals surface area contributed by atoms with Crippen molar-refractivity contribution in [2.24, 2.45) is 0 Å². The highest BCUT2D eigenvalue weighted by Crippen LogP contribution is 2.26. The zero-order chi connectivity index (χ0) is 17.2. The lowest BCUT2D eigenvalue weighted by Crippen LogP contribution is -2.57. The van der Waals surface area contributed by atoms with Gasteiger partial charge < -0.3 is 12.3 Å². The Morgan fingerprint density at radius 1 is 0.682 bits per heavy atom. The molecule has 1 aromatic rings. The summed E-state index contributed by atoms with van der Waals surface area (Å²) in [6, 6.07) is 9.95. The molecular weight excluding hydrogens is 387 g/mol. The largest absolute Gasteiger partial charge is 0.425 e. The van der Waals surface area contributed by atoms with Crippen LogP contribution in [0.15, 0.2) is 30.3 Å². The Hall–Kier alpha value is 0.548. The van der Waals surface area contributed by atoms with Gasteiger partial charge in [0.2, 0.25) is 0 Å². The molecule has 0 N–H and O–H groups in total. The van der Waals surface area contributed by atoms with E-state index in [0.717, 1.165) is 5.19 Å². The van der Waals surface area contributed by atoms with Crippen LogP contribution in [0.4, 0.5) is 0 Å². The van der Waals surface area contributed by atoms with E-state index in [4.69, 9.17) is 34.5 Å². The summed E-state index contributed by atoms with van der Waals surface area (Å²) in [5.41, 5.74) is 0. The van der Waals surface area contributed by atoms with E-state index in [9.17, 15) is 0 Å². The van der Waals surface area contributed by atoms with Gasteiger partial charge in [-0.2, -0.15) is 0 Å². The smallest absolute Gasteiger partial charge is 0.313 e. The van der Waals surface area contributed by atoms with Crippen molar-refractivity contribution in [3.8, 4) is 0 Å². The van der Waals surface area contributed by atoms with Crippen LogP contribution in [0, 0.1) is 0 Å². The molecule has 1 atom stereocenters. The summed E-state index contributed by atoms with van der Waals surface area (Å²) in [6.07, 6.45) is 0. The van der Waals surface area contributed by atoms with Crippen LogP contribution >= 0.6 is 22.2 Å². The Morgan fingerprint density at radius 3 is 1.59 bits per heavy atom. The molecule has 126 valence electrons. The number of hydrogen-bond donors (Lipinski definition) is 0. The summed E-state index contributed by atoms with van der Waals surface area (Å²) in [4.78, 5) is 0. The number of halogens is 2. The monoisotopic (exact) mass is 412 g/mol. The predicted octanol–water partition coefficient (Wildman–Crippen LogP) is 4.60. The first-order chi connectivity index (χ1) is 9.73. The highest BCUT2D eigenvalue weighted by Gasteiger charge is 2.44. The molecule has 1 unspecified atom stereocenters. The zero-order valence-electron chi connectivity index (χ0n) is 14.4. The SMILES string of the molecule is C[Si](C)(Cl)O[Si](C)(C)O[Si](C)(C)O[Si](C)(Cl)c1ccccc1. The Bertz CT molecular complexity index is 490. The van der Waals surface area contributed by atoms with Gasteiger partial charge in [-0.3, -0.25) is 0 Å². The molecule has 1 rings (SSSR count). The minimum absolute atomic E-state index is 1.05. The molecule has 0 bridgehead atoms. The molecule has 0 radical (unpaired) electrons. The van der Waals surface area contributed by atoms with Gasteiger partial charge in [0.25, 0.3) is 7.63 Å². The summed E-state index contributed by atoms with van der Waals surface area (Å²) >= 11 is 13.0. The maximum atomic E-state index is 6.74. The normalized spacial score (nSPS) is 16.4. The second kappa shape index (κ2) is 7.20. The molecule has 3 nitrogen and oxygen atoms in total. The Labute approximate surface area is 148 Å². The maximum Gasteiger partial charge on any atom is 0.313 e. The van der Waals surface area contributed by atoms with Gasteiger partial charge in [-0.1, -0.05) is 30.3 Å². The second-order valence-corrected chi connectivity index (χ2v) is 24.8. The molecule has 22 heavy (non-hydrogen) atoms. The fourth-order valence-corrected chi connectivity index (χ4v) is 21.6. The lowest BCUT2D eigenvalue weighted by molar-refractivity contribution is 0.338. The van der Waals surface area contributed by atoms with Crippen molar-refractivity contribution in [1.29, 1.82) is 0 Å². The highest BCUT2D eigenvalue weighted by molar-refractivity contribution is 7.25. The summed E-state index contributed by atoms with van der Waals surface area (Å²) in [6.45, 7) is 13.9. The van der Waals surface area contributed by atoms with Crippen molar-refractivity contribution >= 4 is 59.7 Å². The van der Waals surface area contributed by atoms with Crippen LogP contribution in [-0.4, -0.2) is 32.4 Å². The summed E-state index contributed by atoms with van der Waals surface area (Å²) in [7, 11) is -9.45. The van der Waals surface area contributed by atoms with Crippen molar-refractivity contribution in [3.05, 3.63) is 30.3 Å². The van der Waals surface area contributed by atoms with E-state index < -0.39 is 32.4 Å². The van der Waals surface area contributed by atoms with Crippen LogP contribution in [-0.2, 0) is 12.3 Å². The summed E-state index contributed by atoms with van der Waals surface area (Å²) in [5, 5.41) is 1.05. The molecule has 0 aliphatic rings. The fraction of sp³-hybridized carbons (Fsp3) is 0.538. The van der Waals surface area contributed by atoms with Crippen LogP contribution in [0.3, 0.4) is 0 Å². The average molecular weight is 414 g/mol. The third-order valence-electron chi connectivity index (χ3n) is 2.71. The molecular formula is C13H26Cl2O3Si4. The molecule has 0 saturated heterocycles. The molecule has 0 saturated carbocycles. The van der Waals surface area contributed by atoms with Crippen LogP contribution in [0.25, 0.3) is 0 Å². The van der Waals surface area contributed by atoms with Gasteiger partial charge in [-0.15, -0.1) is 22.2 Å². The Balaban J connectivity index is 2.82. The molecule has 0 heterocycles. The summed E-state index contributed by atoms with van der Waals surface area (Å²) < 4.78 is 18.6. The molecule has 0 amide bonds. The van der Waals surface area contributed by atoms with E-state index in [-0.39, 0.29) is 0 Å². The van der Waals surface area contributed by atoms with E-state index in [1.807, 2.05) is 76.2 Å². The van der Waals surface area contributed by atoms with Gasteiger partial charge >= 0.3 is 24.7 Å². The first-order valence-corrected chi connectivity index (χ1v) is 20.2.